The molecule has 1 aromatic rings. The van der Waals surface area contributed by atoms with Crippen LogP contribution in [0.15, 0.2) is 18.3 Å². The minimum Gasteiger partial charge on any atom is -0.353 e. The molecule has 1 aromatic heterocycles. The Labute approximate surface area is 150 Å². The van der Waals surface area contributed by atoms with E-state index >= 15 is 0 Å². The number of pyridine rings is 1. The number of nitrogens with zero attached hydrogens (tertiary/aromatic N) is 3. The molecule has 1 saturated carbocycles. The number of halogens is 1. The van der Waals surface area contributed by atoms with Crippen molar-refractivity contribution in [2.75, 3.05) is 31.1 Å². The minimum atomic E-state index is -0.265. The predicted octanol–water partition coefficient (Wildman–Crippen LogP) is 3.72. The second-order valence-corrected chi connectivity index (χ2v) is 8.56. The Bertz CT molecular complexity index is 597. The average Bonchev–Trinajstić information content (AvgIpc) is 2.61. The fraction of sp³-hybridized carbons (Fsp3) is 0.700. The van der Waals surface area contributed by atoms with Crippen molar-refractivity contribution in [1.82, 2.24) is 9.88 Å². The van der Waals surface area contributed by atoms with Gasteiger partial charge in [-0.15, -0.1) is 0 Å². The topological polar surface area (TPSA) is 36.4 Å². The molecule has 0 spiro atoms. The van der Waals surface area contributed by atoms with E-state index in [9.17, 15) is 9.18 Å². The molecule has 0 unspecified atom stereocenters. The average molecular weight is 347 g/mol. The standard InChI is InChI=1S/C20H30FN3O/c1-20(2,3)16-6-4-15(5-7-16)19(25)24-12-10-23(11-13-24)18-14-17(21)8-9-22-18/h8-9,14-16H,4-7,10-13H2,1-3H3. The van der Waals surface area contributed by atoms with Crippen LogP contribution in [-0.4, -0.2) is 42.0 Å². The van der Waals surface area contributed by atoms with E-state index in [0.29, 0.717) is 30.2 Å². The monoisotopic (exact) mass is 347 g/mol. The maximum absolute atomic E-state index is 13.4. The van der Waals surface area contributed by atoms with Crippen molar-refractivity contribution in [1.29, 1.82) is 0 Å². The Morgan fingerprint density at radius 2 is 1.76 bits per heavy atom. The van der Waals surface area contributed by atoms with Crippen LogP contribution in [-0.2, 0) is 4.79 Å². The summed E-state index contributed by atoms with van der Waals surface area (Å²) < 4.78 is 13.4. The van der Waals surface area contributed by atoms with Gasteiger partial charge in [-0.25, -0.2) is 9.37 Å². The van der Waals surface area contributed by atoms with Gasteiger partial charge in [-0.3, -0.25) is 4.79 Å². The second kappa shape index (κ2) is 7.30. The van der Waals surface area contributed by atoms with Crippen LogP contribution in [0.3, 0.4) is 0 Å². The summed E-state index contributed by atoms with van der Waals surface area (Å²) in [6.45, 7) is 9.77. The third-order valence-electron chi connectivity index (χ3n) is 5.92. The lowest BCUT2D eigenvalue weighted by molar-refractivity contribution is -0.137. The molecule has 2 heterocycles. The highest BCUT2D eigenvalue weighted by molar-refractivity contribution is 5.79. The van der Waals surface area contributed by atoms with E-state index in [2.05, 4.69) is 30.7 Å². The van der Waals surface area contributed by atoms with E-state index in [4.69, 9.17) is 0 Å². The van der Waals surface area contributed by atoms with Crippen LogP contribution in [0.4, 0.5) is 10.2 Å². The third kappa shape index (κ3) is 4.31. The maximum atomic E-state index is 13.4. The van der Waals surface area contributed by atoms with Gasteiger partial charge < -0.3 is 9.80 Å². The normalized spacial score (nSPS) is 25.1. The summed E-state index contributed by atoms with van der Waals surface area (Å²) in [5.41, 5.74) is 0.345. The van der Waals surface area contributed by atoms with Gasteiger partial charge >= 0.3 is 0 Å². The molecule has 1 aliphatic heterocycles. The summed E-state index contributed by atoms with van der Waals surface area (Å²) in [7, 11) is 0. The molecule has 2 fully saturated rings. The minimum absolute atomic E-state index is 0.192. The summed E-state index contributed by atoms with van der Waals surface area (Å²) in [6.07, 6.45) is 5.86. The van der Waals surface area contributed by atoms with Crippen molar-refractivity contribution in [3.8, 4) is 0 Å². The number of hydrogen-bond acceptors (Lipinski definition) is 3. The molecule has 3 rings (SSSR count). The van der Waals surface area contributed by atoms with E-state index in [1.807, 2.05) is 4.90 Å². The van der Waals surface area contributed by atoms with Crippen LogP contribution in [0.5, 0.6) is 0 Å². The SMILES string of the molecule is CC(C)(C)C1CCC(C(=O)N2CCN(c3cc(F)ccn3)CC2)CC1. The molecule has 0 radical (unpaired) electrons. The zero-order valence-corrected chi connectivity index (χ0v) is 15.7. The van der Waals surface area contributed by atoms with Crippen LogP contribution in [0.2, 0.25) is 0 Å². The number of piperazine rings is 1. The molecule has 4 nitrogen and oxygen atoms in total. The summed E-state index contributed by atoms with van der Waals surface area (Å²) in [6, 6.07) is 2.82. The molecule has 0 atom stereocenters. The van der Waals surface area contributed by atoms with Crippen LogP contribution in [0.25, 0.3) is 0 Å². The molecule has 138 valence electrons. The highest BCUT2D eigenvalue weighted by Gasteiger charge is 2.34. The van der Waals surface area contributed by atoms with E-state index in [1.165, 1.54) is 18.3 Å². The zero-order valence-electron chi connectivity index (χ0n) is 15.7. The number of hydrogen-bond donors (Lipinski definition) is 0. The van der Waals surface area contributed by atoms with Crippen molar-refractivity contribution in [3.05, 3.63) is 24.1 Å². The Hall–Kier alpha value is -1.65. The van der Waals surface area contributed by atoms with E-state index in [-0.39, 0.29) is 11.7 Å². The number of aromatic nitrogens is 1. The summed E-state index contributed by atoms with van der Waals surface area (Å²) >= 11 is 0. The van der Waals surface area contributed by atoms with E-state index in [0.717, 1.165) is 44.7 Å². The van der Waals surface area contributed by atoms with Gasteiger partial charge in [0.2, 0.25) is 5.91 Å². The molecule has 0 bridgehead atoms. The van der Waals surface area contributed by atoms with Gasteiger partial charge in [0.05, 0.1) is 0 Å². The largest absolute Gasteiger partial charge is 0.353 e. The fourth-order valence-corrected chi connectivity index (χ4v) is 4.19. The summed E-state index contributed by atoms with van der Waals surface area (Å²) in [5, 5.41) is 0. The van der Waals surface area contributed by atoms with Crippen molar-refractivity contribution in [3.63, 3.8) is 0 Å². The lowest BCUT2D eigenvalue weighted by Gasteiger charge is -2.40. The first-order valence-corrected chi connectivity index (χ1v) is 9.50. The van der Waals surface area contributed by atoms with Crippen molar-refractivity contribution in [2.45, 2.75) is 46.5 Å². The highest BCUT2D eigenvalue weighted by Crippen LogP contribution is 2.40. The van der Waals surface area contributed by atoms with Gasteiger partial charge in [0.1, 0.15) is 11.6 Å². The molecule has 25 heavy (non-hydrogen) atoms. The van der Waals surface area contributed by atoms with Crippen LogP contribution in [0.1, 0.15) is 46.5 Å². The van der Waals surface area contributed by atoms with Crippen molar-refractivity contribution in [2.24, 2.45) is 17.3 Å². The molecule has 2 aliphatic rings. The van der Waals surface area contributed by atoms with Gasteiger partial charge in [0.15, 0.2) is 0 Å². The van der Waals surface area contributed by atoms with Gasteiger partial charge in [-0.1, -0.05) is 20.8 Å². The first-order valence-electron chi connectivity index (χ1n) is 9.50. The lowest BCUT2D eigenvalue weighted by Crippen LogP contribution is -2.51. The molecule has 1 aliphatic carbocycles. The maximum Gasteiger partial charge on any atom is 0.225 e. The Kier molecular flexibility index (Phi) is 5.30. The van der Waals surface area contributed by atoms with Gasteiger partial charge in [-0.2, -0.15) is 0 Å². The quantitative estimate of drug-likeness (QED) is 0.818. The highest BCUT2D eigenvalue weighted by atomic mass is 19.1. The van der Waals surface area contributed by atoms with Crippen LogP contribution >= 0.6 is 0 Å². The van der Waals surface area contributed by atoms with Crippen molar-refractivity contribution < 1.29 is 9.18 Å². The smallest absolute Gasteiger partial charge is 0.225 e. The van der Waals surface area contributed by atoms with Crippen LogP contribution < -0.4 is 4.90 Å². The lowest BCUT2D eigenvalue weighted by atomic mass is 9.69. The Morgan fingerprint density at radius 1 is 1.12 bits per heavy atom. The molecule has 1 amide bonds. The number of carbonyl (C=O) groups is 1. The molecule has 1 saturated heterocycles. The molecular formula is C20H30FN3O. The third-order valence-corrected chi connectivity index (χ3v) is 5.92. The van der Waals surface area contributed by atoms with E-state index < -0.39 is 0 Å². The zero-order chi connectivity index (χ0) is 18.0. The fourth-order valence-electron chi connectivity index (χ4n) is 4.19. The van der Waals surface area contributed by atoms with Crippen LogP contribution in [0, 0.1) is 23.1 Å². The van der Waals surface area contributed by atoms with Gasteiger partial charge in [-0.05, 0) is 43.1 Å². The molecule has 0 aromatic carbocycles. The first kappa shape index (κ1) is 18.2. The second-order valence-electron chi connectivity index (χ2n) is 8.56. The number of amides is 1. The summed E-state index contributed by atoms with van der Waals surface area (Å²) in [4.78, 5) is 21.1. The molecule has 0 N–H and O–H groups in total. The van der Waals surface area contributed by atoms with Gasteiger partial charge in [0.25, 0.3) is 0 Å². The van der Waals surface area contributed by atoms with Gasteiger partial charge in [0, 0.05) is 44.4 Å². The molecule has 5 heteroatoms. The summed E-state index contributed by atoms with van der Waals surface area (Å²) in [5.74, 6) is 1.64. The predicted molar refractivity (Wildman–Crippen MR) is 97.9 cm³/mol. The molecular weight excluding hydrogens is 317 g/mol. The Balaban J connectivity index is 1.51. The Morgan fingerprint density at radius 3 is 2.32 bits per heavy atom. The van der Waals surface area contributed by atoms with E-state index in [1.54, 1.807) is 0 Å². The number of anilines is 1. The number of rotatable bonds is 2. The first-order chi connectivity index (χ1) is 11.8. The van der Waals surface area contributed by atoms with Crippen molar-refractivity contribution >= 4 is 11.7 Å². The number of carbonyl (C=O) groups excluding carboxylic acids is 1.